The number of amides is 1. The molecule has 1 saturated heterocycles. The first-order valence-electron chi connectivity index (χ1n) is 10.4. The Bertz CT molecular complexity index is 808. The van der Waals surface area contributed by atoms with Crippen molar-refractivity contribution in [2.75, 3.05) is 6.54 Å². The molecule has 1 amide bonds. The molecule has 4 heteroatoms. The van der Waals surface area contributed by atoms with Crippen molar-refractivity contribution in [3.8, 4) is 0 Å². The second-order valence-corrected chi connectivity index (χ2v) is 8.56. The molecule has 2 heterocycles. The van der Waals surface area contributed by atoms with Gasteiger partial charge < -0.3 is 4.90 Å². The number of nitrogens with zero attached hydrogens (tertiary/aromatic N) is 3. The second kappa shape index (κ2) is 7.49. The third kappa shape index (κ3) is 3.67. The Balaban J connectivity index is 1.48. The van der Waals surface area contributed by atoms with Crippen molar-refractivity contribution in [2.45, 2.75) is 65.5 Å². The summed E-state index contributed by atoms with van der Waals surface area (Å²) in [6.45, 7) is 8.13. The maximum Gasteiger partial charge on any atom is 0.254 e. The monoisotopic (exact) mass is 365 g/mol. The van der Waals surface area contributed by atoms with Crippen LogP contribution in [0.2, 0.25) is 0 Å². The molecule has 3 unspecified atom stereocenters. The van der Waals surface area contributed by atoms with Crippen LogP contribution < -0.4 is 0 Å². The van der Waals surface area contributed by atoms with E-state index in [1.54, 1.807) is 0 Å². The van der Waals surface area contributed by atoms with Crippen molar-refractivity contribution in [1.82, 2.24) is 14.7 Å². The number of fused-ring (bicyclic) bond motifs is 1. The summed E-state index contributed by atoms with van der Waals surface area (Å²) < 4.78 is 2.02. The van der Waals surface area contributed by atoms with Crippen LogP contribution >= 0.6 is 0 Å². The minimum absolute atomic E-state index is 0.219. The zero-order chi connectivity index (χ0) is 19.0. The van der Waals surface area contributed by atoms with E-state index in [1.807, 2.05) is 23.7 Å². The SMILES string of the molecule is Cc1cc(C)n(Cc2ccc(C(=O)N3CCC(C)C4CCCCC43)cc2)n1. The zero-order valence-corrected chi connectivity index (χ0v) is 16.8. The minimum atomic E-state index is 0.219. The number of aromatic nitrogens is 2. The van der Waals surface area contributed by atoms with E-state index in [0.717, 1.165) is 36.7 Å². The Hall–Kier alpha value is -2.10. The standard InChI is InChI=1S/C23H31N3O/c1-16-12-13-25(22-7-5-4-6-21(16)22)23(27)20-10-8-19(9-11-20)15-26-18(3)14-17(2)24-26/h8-11,14,16,21-22H,4-7,12-13,15H2,1-3H3. The number of likely N-dealkylation sites (tertiary alicyclic amines) is 1. The van der Waals surface area contributed by atoms with E-state index in [9.17, 15) is 4.79 Å². The van der Waals surface area contributed by atoms with Crippen molar-refractivity contribution < 1.29 is 4.79 Å². The van der Waals surface area contributed by atoms with Gasteiger partial charge in [-0.15, -0.1) is 0 Å². The van der Waals surface area contributed by atoms with Crippen LogP contribution in [0, 0.1) is 25.7 Å². The molecule has 4 nitrogen and oxygen atoms in total. The molecular formula is C23H31N3O. The number of hydrogen-bond acceptors (Lipinski definition) is 2. The first-order valence-corrected chi connectivity index (χ1v) is 10.4. The van der Waals surface area contributed by atoms with Gasteiger partial charge in [-0.1, -0.05) is 31.9 Å². The van der Waals surface area contributed by atoms with Gasteiger partial charge in [-0.05, 0) is 68.7 Å². The number of benzene rings is 1. The molecule has 1 aromatic carbocycles. The highest BCUT2D eigenvalue weighted by Gasteiger charge is 2.39. The average Bonchev–Trinajstić information content (AvgIpc) is 2.99. The number of aryl methyl sites for hydroxylation is 2. The molecular weight excluding hydrogens is 334 g/mol. The number of rotatable bonds is 3. The lowest BCUT2D eigenvalue weighted by atomic mass is 9.72. The molecule has 1 saturated carbocycles. The van der Waals surface area contributed by atoms with Crippen LogP contribution in [0.1, 0.15) is 66.3 Å². The molecule has 0 radical (unpaired) electrons. The van der Waals surface area contributed by atoms with Gasteiger partial charge in [0, 0.05) is 23.8 Å². The minimum Gasteiger partial charge on any atom is -0.335 e. The van der Waals surface area contributed by atoms with Gasteiger partial charge in [0.05, 0.1) is 12.2 Å². The summed E-state index contributed by atoms with van der Waals surface area (Å²) in [6.07, 6.45) is 6.20. The Morgan fingerprint density at radius 2 is 1.85 bits per heavy atom. The molecule has 1 aliphatic carbocycles. The smallest absolute Gasteiger partial charge is 0.254 e. The van der Waals surface area contributed by atoms with E-state index in [-0.39, 0.29) is 5.91 Å². The topological polar surface area (TPSA) is 38.1 Å². The summed E-state index contributed by atoms with van der Waals surface area (Å²) in [7, 11) is 0. The van der Waals surface area contributed by atoms with Crippen LogP contribution in [0.5, 0.6) is 0 Å². The third-order valence-corrected chi connectivity index (χ3v) is 6.64. The van der Waals surface area contributed by atoms with Gasteiger partial charge in [0.25, 0.3) is 5.91 Å². The van der Waals surface area contributed by atoms with Crippen molar-refractivity contribution in [3.63, 3.8) is 0 Å². The normalized spacial score (nSPS) is 25.3. The molecule has 0 spiro atoms. The fourth-order valence-corrected chi connectivity index (χ4v) is 5.09. The summed E-state index contributed by atoms with van der Waals surface area (Å²) in [5.41, 5.74) is 4.21. The van der Waals surface area contributed by atoms with Gasteiger partial charge in [0.15, 0.2) is 0 Å². The Morgan fingerprint density at radius 3 is 2.56 bits per heavy atom. The van der Waals surface area contributed by atoms with Crippen molar-refractivity contribution >= 4 is 5.91 Å². The maximum absolute atomic E-state index is 13.2. The van der Waals surface area contributed by atoms with Gasteiger partial charge in [-0.2, -0.15) is 5.10 Å². The molecule has 1 aliphatic heterocycles. The summed E-state index contributed by atoms with van der Waals surface area (Å²) in [5.74, 6) is 1.67. The highest BCUT2D eigenvalue weighted by molar-refractivity contribution is 5.94. The van der Waals surface area contributed by atoms with Crippen LogP contribution in [-0.2, 0) is 6.54 Å². The molecule has 0 N–H and O–H groups in total. The lowest BCUT2D eigenvalue weighted by Gasteiger charge is -2.47. The lowest BCUT2D eigenvalue weighted by Crippen LogP contribution is -2.52. The Labute approximate surface area is 162 Å². The summed E-state index contributed by atoms with van der Waals surface area (Å²) >= 11 is 0. The number of carbonyl (C=O) groups is 1. The van der Waals surface area contributed by atoms with E-state index in [0.29, 0.717) is 12.0 Å². The molecule has 27 heavy (non-hydrogen) atoms. The molecule has 0 bridgehead atoms. The largest absolute Gasteiger partial charge is 0.335 e. The van der Waals surface area contributed by atoms with E-state index in [2.05, 4.69) is 42.0 Å². The van der Waals surface area contributed by atoms with Gasteiger partial charge >= 0.3 is 0 Å². The zero-order valence-electron chi connectivity index (χ0n) is 16.8. The van der Waals surface area contributed by atoms with Crippen LogP contribution in [0.4, 0.5) is 0 Å². The molecule has 3 atom stereocenters. The van der Waals surface area contributed by atoms with Crippen molar-refractivity contribution in [2.24, 2.45) is 11.8 Å². The molecule has 2 fully saturated rings. The van der Waals surface area contributed by atoms with Crippen molar-refractivity contribution in [3.05, 3.63) is 52.8 Å². The van der Waals surface area contributed by atoms with E-state index in [4.69, 9.17) is 0 Å². The number of piperidine rings is 1. The summed E-state index contributed by atoms with van der Waals surface area (Å²) in [5, 5.41) is 4.53. The Kier molecular flexibility index (Phi) is 5.07. The van der Waals surface area contributed by atoms with Crippen LogP contribution in [0.25, 0.3) is 0 Å². The molecule has 144 valence electrons. The highest BCUT2D eigenvalue weighted by Crippen LogP contribution is 2.39. The predicted octanol–water partition coefficient (Wildman–Crippen LogP) is 4.59. The van der Waals surface area contributed by atoms with E-state index >= 15 is 0 Å². The molecule has 4 rings (SSSR count). The first-order chi connectivity index (χ1) is 13.0. The fourth-order valence-electron chi connectivity index (χ4n) is 5.09. The first kappa shape index (κ1) is 18.3. The summed E-state index contributed by atoms with van der Waals surface area (Å²) in [6, 6.07) is 10.7. The van der Waals surface area contributed by atoms with Crippen LogP contribution in [0.3, 0.4) is 0 Å². The second-order valence-electron chi connectivity index (χ2n) is 8.56. The fraction of sp³-hybridized carbons (Fsp3) is 0.565. The van der Waals surface area contributed by atoms with Crippen molar-refractivity contribution in [1.29, 1.82) is 0 Å². The van der Waals surface area contributed by atoms with Crippen LogP contribution in [0.15, 0.2) is 30.3 Å². The number of carbonyl (C=O) groups excluding carboxylic acids is 1. The van der Waals surface area contributed by atoms with Gasteiger partial charge in [-0.3, -0.25) is 9.48 Å². The molecule has 2 aliphatic rings. The quantitative estimate of drug-likeness (QED) is 0.798. The van der Waals surface area contributed by atoms with Gasteiger partial charge in [0.2, 0.25) is 0 Å². The van der Waals surface area contributed by atoms with E-state index < -0.39 is 0 Å². The average molecular weight is 366 g/mol. The number of hydrogen-bond donors (Lipinski definition) is 0. The maximum atomic E-state index is 13.2. The van der Waals surface area contributed by atoms with Crippen LogP contribution in [-0.4, -0.2) is 33.2 Å². The Morgan fingerprint density at radius 1 is 1.11 bits per heavy atom. The predicted molar refractivity (Wildman–Crippen MR) is 108 cm³/mol. The lowest BCUT2D eigenvalue weighted by molar-refractivity contribution is 0.0218. The molecule has 1 aromatic heterocycles. The van der Waals surface area contributed by atoms with Gasteiger partial charge in [-0.25, -0.2) is 0 Å². The molecule has 2 aromatic rings. The van der Waals surface area contributed by atoms with E-state index in [1.165, 1.54) is 36.9 Å². The highest BCUT2D eigenvalue weighted by atomic mass is 16.2. The third-order valence-electron chi connectivity index (χ3n) is 6.64. The van der Waals surface area contributed by atoms with Gasteiger partial charge in [0.1, 0.15) is 0 Å². The summed E-state index contributed by atoms with van der Waals surface area (Å²) in [4.78, 5) is 15.4.